The van der Waals surface area contributed by atoms with Crippen LogP contribution < -0.4 is 5.73 Å². The van der Waals surface area contributed by atoms with Gasteiger partial charge in [0.25, 0.3) is 0 Å². The molecule has 0 fully saturated rings. The number of H-pyrrole nitrogens is 1. The number of anilines is 1. The lowest BCUT2D eigenvalue weighted by atomic mass is 10.0. The first-order valence-corrected chi connectivity index (χ1v) is 8.26. The largest absolute Gasteiger partial charge is 0.398 e. The number of nitrogens with zero attached hydrogens (tertiary/aromatic N) is 1. The van der Waals surface area contributed by atoms with E-state index in [9.17, 15) is 9.18 Å². The van der Waals surface area contributed by atoms with Crippen molar-refractivity contribution in [3.8, 4) is 0 Å². The highest BCUT2D eigenvalue weighted by Crippen LogP contribution is 2.35. The molecule has 0 amide bonds. The van der Waals surface area contributed by atoms with E-state index in [0.717, 1.165) is 15.2 Å². The molecular formula is C14H7BrClFIN3O. The Bertz CT molecular complexity index is 928. The lowest BCUT2D eigenvalue weighted by molar-refractivity contribution is 0.103. The average molecular weight is 494 g/mol. The van der Waals surface area contributed by atoms with Crippen LogP contribution in [0.15, 0.2) is 28.7 Å². The fraction of sp³-hybridized carbons (Fsp3) is 0. The predicted octanol–water partition coefficient (Wildman–Crippen LogP) is 4.54. The van der Waals surface area contributed by atoms with E-state index in [0.29, 0.717) is 9.99 Å². The van der Waals surface area contributed by atoms with Gasteiger partial charge in [-0.05, 0) is 62.8 Å². The number of aromatic nitrogens is 2. The molecule has 112 valence electrons. The minimum atomic E-state index is -0.542. The molecule has 1 heterocycles. The van der Waals surface area contributed by atoms with Gasteiger partial charge in [-0.2, -0.15) is 5.10 Å². The molecular weight excluding hydrogens is 487 g/mol. The second-order valence-corrected chi connectivity index (χ2v) is 6.77. The number of fused-ring (bicyclic) bond motifs is 1. The topological polar surface area (TPSA) is 71.8 Å². The Morgan fingerprint density at radius 3 is 2.86 bits per heavy atom. The van der Waals surface area contributed by atoms with Gasteiger partial charge in [0.15, 0.2) is 5.78 Å². The lowest BCUT2D eigenvalue weighted by Crippen LogP contribution is -2.08. The fourth-order valence-electron chi connectivity index (χ4n) is 2.14. The predicted molar refractivity (Wildman–Crippen MR) is 95.8 cm³/mol. The number of nitrogens with one attached hydrogen (secondary N) is 1. The molecule has 2 aromatic carbocycles. The Kier molecular flexibility index (Phi) is 4.13. The van der Waals surface area contributed by atoms with Gasteiger partial charge in [0.1, 0.15) is 9.52 Å². The van der Waals surface area contributed by atoms with Crippen molar-refractivity contribution in [2.45, 2.75) is 0 Å². The molecule has 8 heteroatoms. The van der Waals surface area contributed by atoms with Gasteiger partial charge in [0.05, 0.1) is 20.6 Å². The van der Waals surface area contributed by atoms with Gasteiger partial charge >= 0.3 is 0 Å². The van der Waals surface area contributed by atoms with E-state index >= 15 is 0 Å². The minimum absolute atomic E-state index is 0.0580. The van der Waals surface area contributed by atoms with Crippen LogP contribution in [-0.4, -0.2) is 16.0 Å². The zero-order chi connectivity index (χ0) is 16.0. The summed E-state index contributed by atoms with van der Waals surface area (Å²) in [7, 11) is 0. The molecule has 0 saturated heterocycles. The van der Waals surface area contributed by atoms with Crippen molar-refractivity contribution in [2.24, 2.45) is 0 Å². The number of hydrogen-bond acceptors (Lipinski definition) is 3. The Morgan fingerprint density at radius 2 is 2.14 bits per heavy atom. The van der Waals surface area contributed by atoms with Crippen LogP contribution in [0.1, 0.15) is 15.9 Å². The minimum Gasteiger partial charge on any atom is -0.398 e. The van der Waals surface area contributed by atoms with E-state index in [-0.39, 0.29) is 21.8 Å². The van der Waals surface area contributed by atoms with E-state index in [4.69, 9.17) is 17.3 Å². The van der Waals surface area contributed by atoms with Crippen LogP contribution in [0.4, 0.5) is 10.1 Å². The standard InChI is InChI=1S/C14H7BrClFIN3O/c15-11-10(9(19)4-7-12(11)20-21-14(7)18)13(22)6-3-5(17)1-2-8(6)16/h1-4H,19H2,(H,20,21). The van der Waals surface area contributed by atoms with E-state index in [2.05, 4.69) is 48.7 Å². The SMILES string of the molecule is Nc1cc2c(I)n[nH]c2c(Br)c1C(=O)c1cc(F)ccc1Cl. The molecule has 0 aliphatic heterocycles. The maximum atomic E-state index is 13.4. The van der Waals surface area contributed by atoms with Gasteiger partial charge in [-0.25, -0.2) is 4.39 Å². The average Bonchev–Trinajstić information content (AvgIpc) is 2.83. The summed E-state index contributed by atoms with van der Waals surface area (Å²) in [6.45, 7) is 0. The zero-order valence-electron chi connectivity index (χ0n) is 10.8. The van der Waals surface area contributed by atoms with E-state index < -0.39 is 11.6 Å². The first-order chi connectivity index (χ1) is 10.4. The van der Waals surface area contributed by atoms with Crippen LogP contribution >= 0.6 is 50.1 Å². The normalized spacial score (nSPS) is 11.1. The van der Waals surface area contributed by atoms with Gasteiger partial charge in [-0.3, -0.25) is 9.89 Å². The Hall–Kier alpha value is -1.19. The van der Waals surface area contributed by atoms with Gasteiger partial charge in [-0.1, -0.05) is 11.6 Å². The van der Waals surface area contributed by atoms with Crippen molar-refractivity contribution < 1.29 is 9.18 Å². The number of hydrogen-bond donors (Lipinski definition) is 2. The maximum Gasteiger partial charge on any atom is 0.197 e. The smallest absolute Gasteiger partial charge is 0.197 e. The second-order valence-electron chi connectivity index (χ2n) is 4.55. The first kappa shape index (κ1) is 15.7. The molecule has 3 aromatic rings. The summed E-state index contributed by atoms with van der Waals surface area (Å²) in [6, 6.07) is 5.28. The Balaban J connectivity index is 2.25. The monoisotopic (exact) mass is 493 g/mol. The zero-order valence-corrected chi connectivity index (χ0v) is 15.3. The number of halogens is 4. The van der Waals surface area contributed by atoms with Crippen molar-refractivity contribution in [2.75, 3.05) is 5.73 Å². The van der Waals surface area contributed by atoms with Crippen molar-refractivity contribution in [1.29, 1.82) is 0 Å². The lowest BCUT2D eigenvalue weighted by Gasteiger charge is -2.10. The number of benzene rings is 2. The molecule has 3 rings (SSSR count). The Morgan fingerprint density at radius 1 is 1.41 bits per heavy atom. The quantitative estimate of drug-likeness (QED) is 0.312. The van der Waals surface area contributed by atoms with Crippen molar-refractivity contribution in [1.82, 2.24) is 10.2 Å². The third kappa shape index (κ3) is 2.50. The van der Waals surface area contributed by atoms with Crippen molar-refractivity contribution in [3.63, 3.8) is 0 Å². The molecule has 0 aliphatic rings. The van der Waals surface area contributed by atoms with Gasteiger partial charge in [-0.15, -0.1) is 0 Å². The highest BCUT2D eigenvalue weighted by atomic mass is 127. The fourth-order valence-corrected chi connectivity index (χ4v) is 3.60. The summed E-state index contributed by atoms with van der Waals surface area (Å²) in [5.41, 5.74) is 7.20. The van der Waals surface area contributed by atoms with Crippen molar-refractivity contribution in [3.05, 3.63) is 54.4 Å². The number of aromatic amines is 1. The second kappa shape index (κ2) is 5.78. The number of ketones is 1. The number of nitrogen functional groups attached to an aromatic ring is 1. The highest BCUT2D eigenvalue weighted by molar-refractivity contribution is 14.1. The van der Waals surface area contributed by atoms with Crippen LogP contribution in [0.5, 0.6) is 0 Å². The molecule has 0 bridgehead atoms. The summed E-state index contributed by atoms with van der Waals surface area (Å²) in [4.78, 5) is 12.7. The maximum absolute atomic E-state index is 13.4. The summed E-state index contributed by atoms with van der Waals surface area (Å²) < 4.78 is 14.6. The molecule has 0 unspecified atom stereocenters. The molecule has 0 spiro atoms. The van der Waals surface area contributed by atoms with Gasteiger partial charge in [0, 0.05) is 16.6 Å². The number of carbonyl (C=O) groups excluding carboxylic acids is 1. The Labute approximate surface area is 151 Å². The van der Waals surface area contributed by atoms with Crippen molar-refractivity contribution >= 4 is 72.5 Å². The molecule has 3 N–H and O–H groups in total. The van der Waals surface area contributed by atoms with Gasteiger partial charge in [0.2, 0.25) is 0 Å². The van der Waals surface area contributed by atoms with E-state index in [1.165, 1.54) is 12.1 Å². The summed E-state index contributed by atoms with van der Waals surface area (Å²) >= 11 is 11.4. The number of carbonyl (C=O) groups is 1. The van der Waals surface area contributed by atoms with Crippen LogP contribution in [0, 0.1) is 9.52 Å². The van der Waals surface area contributed by atoms with E-state index in [1.807, 2.05) is 0 Å². The molecule has 0 atom stereocenters. The van der Waals surface area contributed by atoms with Crippen LogP contribution in [-0.2, 0) is 0 Å². The molecule has 0 radical (unpaired) electrons. The molecule has 0 saturated carbocycles. The van der Waals surface area contributed by atoms with Crippen LogP contribution in [0.3, 0.4) is 0 Å². The first-order valence-electron chi connectivity index (χ1n) is 6.01. The van der Waals surface area contributed by atoms with Gasteiger partial charge < -0.3 is 5.73 Å². The third-order valence-corrected chi connectivity index (χ3v) is 5.13. The van der Waals surface area contributed by atoms with E-state index in [1.54, 1.807) is 6.07 Å². The molecule has 22 heavy (non-hydrogen) atoms. The van der Waals surface area contributed by atoms with Crippen LogP contribution in [0.25, 0.3) is 10.9 Å². The third-order valence-electron chi connectivity index (χ3n) is 3.19. The number of nitrogens with two attached hydrogens (primary N) is 1. The summed E-state index contributed by atoms with van der Waals surface area (Å²) in [6.07, 6.45) is 0. The molecule has 1 aromatic heterocycles. The van der Waals surface area contributed by atoms with Crippen LogP contribution in [0.2, 0.25) is 5.02 Å². The summed E-state index contributed by atoms with van der Waals surface area (Å²) in [5.74, 6) is -1.00. The molecule has 0 aliphatic carbocycles. The summed E-state index contributed by atoms with van der Waals surface area (Å²) in [5, 5.41) is 7.88. The number of rotatable bonds is 2. The highest BCUT2D eigenvalue weighted by Gasteiger charge is 2.22. The molecule has 4 nitrogen and oxygen atoms in total.